The molecule has 1 saturated carbocycles. The Labute approximate surface area is 209 Å². The molecule has 2 aliphatic heterocycles. The third-order valence-electron chi connectivity index (χ3n) is 8.07. The quantitative estimate of drug-likeness (QED) is 0.560. The predicted octanol–water partition coefficient (Wildman–Crippen LogP) is 5.44. The monoisotopic (exact) mass is 474 g/mol. The van der Waals surface area contributed by atoms with Gasteiger partial charge in [0.1, 0.15) is 5.75 Å². The van der Waals surface area contributed by atoms with Crippen LogP contribution in [-0.2, 0) is 16.0 Å². The van der Waals surface area contributed by atoms with E-state index in [1.54, 1.807) is 0 Å². The topological polar surface area (TPSA) is 49.9 Å². The molecule has 0 bridgehead atoms. The number of carbonyl (C=O) groups is 2. The van der Waals surface area contributed by atoms with Gasteiger partial charge in [-0.15, -0.1) is 0 Å². The number of hydrogen-bond acceptors (Lipinski definition) is 3. The van der Waals surface area contributed by atoms with Crippen molar-refractivity contribution < 1.29 is 14.3 Å². The molecule has 0 unspecified atom stereocenters. The van der Waals surface area contributed by atoms with Crippen molar-refractivity contribution in [2.24, 2.45) is 5.92 Å². The summed E-state index contributed by atoms with van der Waals surface area (Å²) in [6, 6.07) is 14.7. The average Bonchev–Trinajstić information content (AvgIpc) is 3.61. The third-order valence-corrected chi connectivity index (χ3v) is 8.07. The first-order valence-electron chi connectivity index (χ1n) is 13.5. The van der Waals surface area contributed by atoms with E-state index in [4.69, 9.17) is 4.74 Å². The lowest BCUT2D eigenvalue weighted by atomic mass is 9.86. The lowest BCUT2D eigenvalue weighted by Crippen LogP contribution is -2.43. The summed E-state index contributed by atoms with van der Waals surface area (Å²) in [5.41, 5.74) is 4.74. The summed E-state index contributed by atoms with van der Waals surface area (Å²) >= 11 is 0. The number of likely N-dealkylation sites (tertiary alicyclic amines) is 1. The minimum absolute atomic E-state index is 0.0934. The Bertz CT molecular complexity index is 1050. The first kappa shape index (κ1) is 23.9. The standard InChI is InChI=1S/C30H38N2O3/c1-3-27(30(34)31-17-6-7-18-31)35-25-15-14-22-16-19-32(29(33)24-8-4-5-9-24)28(26(22)20-25)23-12-10-21(2)11-13-23/h10-15,20,24,27-28H,3-9,16-19H2,1-2H3/t27-,28-/m0/s1. The Kier molecular flexibility index (Phi) is 7.12. The largest absolute Gasteiger partial charge is 0.481 e. The number of benzene rings is 2. The predicted molar refractivity (Wildman–Crippen MR) is 137 cm³/mol. The van der Waals surface area contributed by atoms with Crippen molar-refractivity contribution >= 4 is 11.8 Å². The highest BCUT2D eigenvalue weighted by molar-refractivity contribution is 5.82. The fraction of sp³-hybridized carbons (Fsp3) is 0.533. The molecular weight excluding hydrogens is 436 g/mol. The van der Waals surface area contributed by atoms with Gasteiger partial charge in [-0.2, -0.15) is 0 Å². The highest BCUT2D eigenvalue weighted by Crippen LogP contribution is 2.40. The van der Waals surface area contributed by atoms with E-state index in [1.807, 2.05) is 17.9 Å². The van der Waals surface area contributed by atoms with Crippen molar-refractivity contribution in [3.8, 4) is 5.75 Å². The summed E-state index contributed by atoms with van der Waals surface area (Å²) in [5.74, 6) is 1.25. The molecule has 0 radical (unpaired) electrons. The summed E-state index contributed by atoms with van der Waals surface area (Å²) in [4.78, 5) is 30.7. The van der Waals surface area contributed by atoms with Gasteiger partial charge < -0.3 is 14.5 Å². The second kappa shape index (κ2) is 10.4. The Morgan fingerprint density at radius 1 is 0.971 bits per heavy atom. The Morgan fingerprint density at radius 3 is 2.37 bits per heavy atom. The van der Waals surface area contributed by atoms with Crippen LogP contribution < -0.4 is 4.74 Å². The van der Waals surface area contributed by atoms with Gasteiger partial charge in [-0.3, -0.25) is 9.59 Å². The van der Waals surface area contributed by atoms with Gasteiger partial charge in [0.15, 0.2) is 6.10 Å². The zero-order valence-electron chi connectivity index (χ0n) is 21.2. The van der Waals surface area contributed by atoms with Crippen molar-refractivity contribution in [2.75, 3.05) is 19.6 Å². The van der Waals surface area contributed by atoms with Crippen LogP contribution in [0.2, 0.25) is 0 Å². The number of carbonyl (C=O) groups excluding carboxylic acids is 2. The highest BCUT2D eigenvalue weighted by Gasteiger charge is 2.36. The van der Waals surface area contributed by atoms with E-state index in [1.165, 1.54) is 11.1 Å². The van der Waals surface area contributed by atoms with Gasteiger partial charge >= 0.3 is 0 Å². The smallest absolute Gasteiger partial charge is 0.263 e. The lowest BCUT2D eigenvalue weighted by molar-refractivity contribution is -0.138. The first-order chi connectivity index (χ1) is 17.0. The van der Waals surface area contributed by atoms with Crippen LogP contribution in [0, 0.1) is 12.8 Å². The van der Waals surface area contributed by atoms with Gasteiger partial charge in [0.2, 0.25) is 5.91 Å². The van der Waals surface area contributed by atoms with E-state index in [2.05, 4.69) is 48.2 Å². The second-order valence-electron chi connectivity index (χ2n) is 10.5. The molecule has 35 heavy (non-hydrogen) atoms. The Balaban J connectivity index is 1.46. The molecule has 1 saturated heterocycles. The molecule has 1 aliphatic carbocycles. The molecule has 0 spiro atoms. The molecule has 2 aromatic carbocycles. The lowest BCUT2D eigenvalue weighted by Gasteiger charge is -2.39. The molecule has 3 aliphatic rings. The molecule has 2 atom stereocenters. The van der Waals surface area contributed by atoms with Crippen LogP contribution in [0.3, 0.4) is 0 Å². The molecule has 5 rings (SSSR count). The van der Waals surface area contributed by atoms with E-state index < -0.39 is 6.10 Å². The van der Waals surface area contributed by atoms with Gasteiger partial charge in [0.05, 0.1) is 6.04 Å². The number of ether oxygens (including phenoxy) is 1. The van der Waals surface area contributed by atoms with Crippen LogP contribution in [0.1, 0.15) is 80.2 Å². The zero-order chi connectivity index (χ0) is 24.4. The molecule has 2 fully saturated rings. The Morgan fingerprint density at radius 2 is 1.69 bits per heavy atom. The molecule has 186 valence electrons. The minimum Gasteiger partial charge on any atom is -0.481 e. The average molecular weight is 475 g/mol. The minimum atomic E-state index is -0.469. The van der Waals surface area contributed by atoms with Crippen LogP contribution in [0.5, 0.6) is 5.75 Å². The van der Waals surface area contributed by atoms with E-state index in [0.717, 1.165) is 81.5 Å². The number of rotatable bonds is 6. The van der Waals surface area contributed by atoms with Gasteiger partial charge in [0.25, 0.3) is 5.91 Å². The fourth-order valence-electron chi connectivity index (χ4n) is 6.03. The number of aryl methyl sites for hydroxylation is 1. The molecule has 0 N–H and O–H groups in total. The number of nitrogens with zero attached hydrogens (tertiary/aromatic N) is 2. The third kappa shape index (κ3) is 4.96. The molecule has 2 heterocycles. The number of amides is 2. The Hall–Kier alpha value is -2.82. The van der Waals surface area contributed by atoms with Crippen LogP contribution in [-0.4, -0.2) is 47.4 Å². The fourth-order valence-corrected chi connectivity index (χ4v) is 6.03. The summed E-state index contributed by atoms with van der Waals surface area (Å²) in [7, 11) is 0. The normalized spacial score (nSPS) is 21.1. The summed E-state index contributed by atoms with van der Waals surface area (Å²) in [6.45, 7) is 6.50. The van der Waals surface area contributed by atoms with Crippen LogP contribution >= 0.6 is 0 Å². The van der Waals surface area contributed by atoms with E-state index in [0.29, 0.717) is 12.3 Å². The van der Waals surface area contributed by atoms with Crippen molar-refractivity contribution in [1.29, 1.82) is 0 Å². The van der Waals surface area contributed by atoms with E-state index in [9.17, 15) is 9.59 Å². The van der Waals surface area contributed by atoms with Crippen LogP contribution in [0.4, 0.5) is 0 Å². The maximum Gasteiger partial charge on any atom is 0.263 e. The molecule has 0 aromatic heterocycles. The summed E-state index contributed by atoms with van der Waals surface area (Å²) < 4.78 is 6.31. The van der Waals surface area contributed by atoms with Crippen molar-refractivity contribution in [2.45, 2.75) is 77.4 Å². The maximum atomic E-state index is 13.7. The molecule has 5 heteroatoms. The SMILES string of the molecule is CC[C@H](Oc1ccc2c(c1)[C@H](c1ccc(C)cc1)N(C(=O)C1CCCC1)CC2)C(=O)N1CCCC1. The highest BCUT2D eigenvalue weighted by atomic mass is 16.5. The molecule has 2 aromatic rings. The zero-order valence-corrected chi connectivity index (χ0v) is 21.2. The van der Waals surface area contributed by atoms with E-state index in [-0.39, 0.29) is 17.9 Å². The summed E-state index contributed by atoms with van der Waals surface area (Å²) in [5, 5.41) is 0. The second-order valence-corrected chi connectivity index (χ2v) is 10.5. The van der Waals surface area contributed by atoms with E-state index >= 15 is 0 Å². The summed E-state index contributed by atoms with van der Waals surface area (Å²) in [6.07, 6.45) is 7.47. The van der Waals surface area contributed by atoms with Crippen molar-refractivity contribution in [3.63, 3.8) is 0 Å². The molecular formula is C30H38N2O3. The molecule has 5 nitrogen and oxygen atoms in total. The number of fused-ring (bicyclic) bond motifs is 1. The van der Waals surface area contributed by atoms with Crippen LogP contribution in [0.15, 0.2) is 42.5 Å². The molecule has 2 amide bonds. The van der Waals surface area contributed by atoms with Crippen LogP contribution in [0.25, 0.3) is 0 Å². The maximum absolute atomic E-state index is 13.7. The van der Waals surface area contributed by atoms with Gasteiger partial charge in [0, 0.05) is 25.6 Å². The van der Waals surface area contributed by atoms with Gasteiger partial charge in [-0.25, -0.2) is 0 Å². The van der Waals surface area contributed by atoms with Crippen molar-refractivity contribution in [3.05, 3.63) is 64.7 Å². The first-order valence-corrected chi connectivity index (χ1v) is 13.5. The van der Waals surface area contributed by atoms with Gasteiger partial charge in [-0.1, -0.05) is 55.7 Å². The number of hydrogen-bond donors (Lipinski definition) is 0. The van der Waals surface area contributed by atoms with Crippen molar-refractivity contribution in [1.82, 2.24) is 9.80 Å². The van der Waals surface area contributed by atoms with Gasteiger partial charge in [-0.05, 0) is 74.3 Å².